The smallest absolute Gasteiger partial charge is 0.376 e. The Bertz CT molecular complexity index is 656. The summed E-state index contributed by atoms with van der Waals surface area (Å²) in [5.74, 6) is -1.35. The van der Waals surface area contributed by atoms with Crippen LogP contribution in [0, 0.1) is 0 Å². The van der Waals surface area contributed by atoms with E-state index in [9.17, 15) is 13.6 Å². The zero-order valence-electron chi connectivity index (χ0n) is 11.3. The molecule has 1 aliphatic carbocycles. The van der Waals surface area contributed by atoms with Crippen LogP contribution in [0.15, 0.2) is 10.5 Å². The third-order valence-electron chi connectivity index (χ3n) is 3.28. The summed E-state index contributed by atoms with van der Waals surface area (Å²) in [6.07, 6.45) is 0.212. The average Bonchev–Trinajstić information content (AvgIpc) is 3.11. The van der Waals surface area contributed by atoms with Gasteiger partial charge in [0, 0.05) is 4.88 Å². The lowest BCUT2D eigenvalue weighted by Crippen LogP contribution is -2.06. The fraction of sp³-hybridized carbons (Fsp3) is 0.429. The van der Waals surface area contributed by atoms with Gasteiger partial charge in [0.25, 0.3) is 6.43 Å². The molecule has 2 heterocycles. The molecule has 7 heteroatoms. The Hall–Kier alpha value is -1.76. The Morgan fingerprint density at radius 3 is 3.00 bits per heavy atom. The highest BCUT2D eigenvalue weighted by atomic mass is 32.1. The second-order valence-corrected chi connectivity index (χ2v) is 5.80. The molecule has 0 aliphatic heterocycles. The second-order valence-electron chi connectivity index (χ2n) is 4.67. The normalized spacial score (nSPS) is 13.7. The quantitative estimate of drug-likeness (QED) is 0.800. The molecule has 112 valence electrons. The number of hydrogen-bond acceptors (Lipinski definition) is 5. The number of carbonyl (C=O) groups excluding carboxylic acids is 1. The summed E-state index contributed by atoms with van der Waals surface area (Å²) >= 11 is 1.48. The highest BCUT2D eigenvalue weighted by Gasteiger charge is 2.29. The summed E-state index contributed by atoms with van der Waals surface area (Å²) in [7, 11) is 0. The maximum Gasteiger partial charge on any atom is 0.376 e. The van der Waals surface area contributed by atoms with Gasteiger partial charge in [-0.25, -0.2) is 18.6 Å². The van der Waals surface area contributed by atoms with Crippen molar-refractivity contribution in [2.24, 2.45) is 0 Å². The van der Waals surface area contributed by atoms with Crippen LogP contribution in [0.25, 0.3) is 10.8 Å². The van der Waals surface area contributed by atoms with Crippen molar-refractivity contribution in [2.45, 2.75) is 32.6 Å². The monoisotopic (exact) mass is 313 g/mol. The van der Waals surface area contributed by atoms with E-state index < -0.39 is 23.8 Å². The third kappa shape index (κ3) is 2.57. The third-order valence-corrected chi connectivity index (χ3v) is 4.50. The molecule has 0 N–H and O–H groups in total. The van der Waals surface area contributed by atoms with Crippen molar-refractivity contribution < 1.29 is 22.7 Å². The molecule has 0 fully saturated rings. The molecule has 0 unspecified atom stereocenters. The van der Waals surface area contributed by atoms with Crippen LogP contribution in [-0.4, -0.2) is 17.6 Å². The molecule has 0 saturated heterocycles. The number of oxazole rings is 1. The fourth-order valence-electron chi connectivity index (χ4n) is 2.36. The van der Waals surface area contributed by atoms with Crippen molar-refractivity contribution in [3.8, 4) is 10.8 Å². The molecule has 3 rings (SSSR count). The van der Waals surface area contributed by atoms with Gasteiger partial charge >= 0.3 is 5.97 Å². The number of esters is 1. The zero-order valence-corrected chi connectivity index (χ0v) is 12.1. The minimum atomic E-state index is -2.88. The van der Waals surface area contributed by atoms with Gasteiger partial charge in [-0.1, -0.05) is 0 Å². The topological polar surface area (TPSA) is 52.3 Å². The zero-order chi connectivity index (χ0) is 15.0. The number of thiophene rings is 1. The van der Waals surface area contributed by atoms with E-state index in [2.05, 4.69) is 4.98 Å². The van der Waals surface area contributed by atoms with Crippen LogP contribution in [0.3, 0.4) is 0 Å². The van der Waals surface area contributed by atoms with Crippen LogP contribution >= 0.6 is 11.3 Å². The van der Waals surface area contributed by atoms with Crippen molar-refractivity contribution in [3.05, 3.63) is 28.0 Å². The standard InChI is InChI=1S/C14H13F2NO3S/c1-2-19-14(18)11-10(12(15)16)17-13(20-11)9-6-7-4-3-5-8(7)21-9/h6,12H,2-5H2,1H3. The first kappa shape index (κ1) is 14.2. The minimum absolute atomic E-state index is 0.0627. The van der Waals surface area contributed by atoms with E-state index in [-0.39, 0.29) is 12.5 Å². The highest BCUT2D eigenvalue weighted by Crippen LogP contribution is 2.38. The Kier molecular flexibility index (Phi) is 3.75. The van der Waals surface area contributed by atoms with E-state index in [1.807, 2.05) is 6.07 Å². The van der Waals surface area contributed by atoms with E-state index in [1.165, 1.54) is 21.8 Å². The molecule has 0 radical (unpaired) electrons. The molecule has 4 nitrogen and oxygen atoms in total. The molecule has 0 aromatic carbocycles. The fourth-order valence-corrected chi connectivity index (χ4v) is 3.54. The van der Waals surface area contributed by atoms with E-state index in [0.717, 1.165) is 19.3 Å². The van der Waals surface area contributed by atoms with Gasteiger partial charge in [0.2, 0.25) is 11.7 Å². The molecule has 0 amide bonds. The summed E-state index contributed by atoms with van der Waals surface area (Å²) in [6, 6.07) is 1.91. The maximum absolute atomic E-state index is 13.0. The number of nitrogens with zero attached hydrogens (tertiary/aromatic N) is 1. The van der Waals surface area contributed by atoms with E-state index in [1.54, 1.807) is 6.92 Å². The average molecular weight is 313 g/mol. The van der Waals surface area contributed by atoms with Crippen molar-refractivity contribution in [1.29, 1.82) is 0 Å². The first-order chi connectivity index (χ1) is 10.1. The van der Waals surface area contributed by atoms with Crippen LogP contribution in [0.2, 0.25) is 0 Å². The second kappa shape index (κ2) is 5.55. The number of aryl methyl sites for hydroxylation is 2. The minimum Gasteiger partial charge on any atom is -0.460 e. The molecule has 0 saturated carbocycles. The summed E-state index contributed by atoms with van der Waals surface area (Å²) in [5.41, 5.74) is 0.557. The number of fused-ring (bicyclic) bond motifs is 1. The van der Waals surface area contributed by atoms with Gasteiger partial charge in [-0.15, -0.1) is 11.3 Å². The summed E-state index contributed by atoms with van der Waals surface area (Å²) in [5, 5.41) is 0. The molecule has 2 aromatic rings. The molecule has 2 aromatic heterocycles. The number of rotatable bonds is 4. The summed E-state index contributed by atoms with van der Waals surface area (Å²) in [4.78, 5) is 17.4. The predicted molar refractivity (Wildman–Crippen MR) is 72.8 cm³/mol. The number of halogens is 2. The maximum atomic E-state index is 13.0. The largest absolute Gasteiger partial charge is 0.460 e. The number of hydrogen-bond donors (Lipinski definition) is 0. The van der Waals surface area contributed by atoms with Gasteiger partial charge in [-0.05, 0) is 37.8 Å². The van der Waals surface area contributed by atoms with Gasteiger partial charge in [-0.3, -0.25) is 0 Å². The van der Waals surface area contributed by atoms with E-state index >= 15 is 0 Å². The van der Waals surface area contributed by atoms with Crippen LogP contribution in [-0.2, 0) is 17.6 Å². The summed E-state index contributed by atoms with van der Waals surface area (Å²) in [6.45, 7) is 1.69. The Morgan fingerprint density at radius 2 is 2.33 bits per heavy atom. The molecule has 21 heavy (non-hydrogen) atoms. The van der Waals surface area contributed by atoms with Crippen LogP contribution in [0.4, 0.5) is 8.78 Å². The Balaban J connectivity index is 1.99. The predicted octanol–water partition coefficient (Wildman–Crippen LogP) is 4.01. The lowest BCUT2D eigenvalue weighted by Gasteiger charge is -1.99. The van der Waals surface area contributed by atoms with E-state index in [0.29, 0.717) is 4.88 Å². The molecule has 0 spiro atoms. The van der Waals surface area contributed by atoms with Gasteiger partial charge in [0.05, 0.1) is 11.5 Å². The van der Waals surface area contributed by atoms with Gasteiger partial charge < -0.3 is 9.15 Å². The van der Waals surface area contributed by atoms with Crippen molar-refractivity contribution >= 4 is 17.3 Å². The molecular formula is C14H13F2NO3S. The lowest BCUT2D eigenvalue weighted by atomic mass is 10.2. The van der Waals surface area contributed by atoms with Crippen LogP contribution in [0.5, 0.6) is 0 Å². The van der Waals surface area contributed by atoms with Crippen molar-refractivity contribution in [3.63, 3.8) is 0 Å². The first-order valence-electron chi connectivity index (χ1n) is 6.68. The van der Waals surface area contributed by atoms with E-state index in [4.69, 9.17) is 9.15 Å². The van der Waals surface area contributed by atoms with Crippen molar-refractivity contribution in [2.75, 3.05) is 6.61 Å². The van der Waals surface area contributed by atoms with Crippen LogP contribution in [0.1, 0.15) is 46.5 Å². The van der Waals surface area contributed by atoms with Gasteiger partial charge in [0.15, 0.2) is 5.69 Å². The molecule has 0 atom stereocenters. The number of carbonyl (C=O) groups is 1. The molecule has 0 bridgehead atoms. The number of aromatic nitrogens is 1. The lowest BCUT2D eigenvalue weighted by molar-refractivity contribution is 0.0476. The van der Waals surface area contributed by atoms with Gasteiger partial charge in [-0.2, -0.15) is 0 Å². The SMILES string of the molecule is CCOC(=O)c1oc(-c2cc3c(s2)CCC3)nc1C(F)F. The van der Waals surface area contributed by atoms with Gasteiger partial charge in [0.1, 0.15) is 0 Å². The molecular weight excluding hydrogens is 300 g/mol. The molecule has 1 aliphatic rings. The van der Waals surface area contributed by atoms with Crippen molar-refractivity contribution in [1.82, 2.24) is 4.98 Å². The van der Waals surface area contributed by atoms with Crippen LogP contribution < -0.4 is 0 Å². The Morgan fingerprint density at radius 1 is 1.52 bits per heavy atom. The Labute approximate surface area is 123 Å². The first-order valence-corrected chi connectivity index (χ1v) is 7.49. The summed E-state index contributed by atoms with van der Waals surface area (Å²) < 4.78 is 36.0. The number of alkyl halides is 2. The highest BCUT2D eigenvalue weighted by molar-refractivity contribution is 7.15. The number of ether oxygens (including phenoxy) is 1.